The Morgan fingerprint density at radius 2 is 1.51 bits per heavy atom. The van der Waals surface area contributed by atoms with E-state index in [-0.39, 0.29) is 5.97 Å². The van der Waals surface area contributed by atoms with Gasteiger partial charge in [0.15, 0.2) is 0 Å². The zero-order valence-electron chi connectivity index (χ0n) is 31.7. The van der Waals surface area contributed by atoms with Crippen molar-refractivity contribution in [2.24, 2.45) is 0 Å². The first-order chi connectivity index (χ1) is 23.9. The summed E-state index contributed by atoms with van der Waals surface area (Å²) in [5, 5.41) is 1.36. The highest BCUT2D eigenvalue weighted by Crippen LogP contribution is 2.34. The van der Waals surface area contributed by atoms with E-state index in [0.717, 1.165) is 55.5 Å². The number of allylic oxidation sites excluding steroid dienone is 2. The highest BCUT2D eigenvalue weighted by atomic mass is 16.5. The van der Waals surface area contributed by atoms with E-state index in [4.69, 9.17) is 4.74 Å². The fourth-order valence-electron chi connectivity index (χ4n) is 7.49. The minimum absolute atomic E-state index is 0.0313. The third kappa shape index (κ3) is 13.4. The highest BCUT2D eigenvalue weighted by molar-refractivity contribution is 5.86. The SMILES string of the molecule is CCCCCCCC/C=C/CCCCCCCCCCCC(=O)OC[N+]1(C)CCc2c(c3cc(C)ccc3n2CCc2ccc(C)nc2)C1. The lowest BCUT2D eigenvalue weighted by molar-refractivity contribution is -0.940. The third-order valence-electron chi connectivity index (χ3n) is 10.6. The Hall–Kier alpha value is -2.92. The molecule has 0 saturated carbocycles. The van der Waals surface area contributed by atoms with Crippen molar-refractivity contribution in [3.05, 3.63) is 76.8 Å². The first kappa shape index (κ1) is 38.9. The number of fused-ring (bicyclic) bond motifs is 3. The molecule has 0 fully saturated rings. The lowest BCUT2D eigenvalue weighted by Gasteiger charge is -2.37. The zero-order valence-corrected chi connectivity index (χ0v) is 31.7. The van der Waals surface area contributed by atoms with Crippen LogP contribution in [0.3, 0.4) is 0 Å². The van der Waals surface area contributed by atoms with E-state index in [1.807, 2.05) is 13.1 Å². The predicted octanol–water partition coefficient (Wildman–Crippen LogP) is 11.5. The molecule has 4 rings (SSSR count). The molecule has 3 aromatic rings. The molecule has 2 aromatic heterocycles. The van der Waals surface area contributed by atoms with Crippen LogP contribution in [0.4, 0.5) is 0 Å². The van der Waals surface area contributed by atoms with Crippen molar-refractivity contribution in [2.45, 2.75) is 162 Å². The molecule has 1 atom stereocenters. The molecule has 49 heavy (non-hydrogen) atoms. The molecule has 1 aliphatic rings. The first-order valence-electron chi connectivity index (χ1n) is 20.0. The van der Waals surface area contributed by atoms with Gasteiger partial charge in [-0.1, -0.05) is 114 Å². The number of quaternary nitrogens is 1. The van der Waals surface area contributed by atoms with Crippen molar-refractivity contribution in [1.29, 1.82) is 0 Å². The number of aryl methyl sites for hydroxylation is 4. The molecule has 1 aromatic carbocycles. The van der Waals surface area contributed by atoms with Crippen LogP contribution in [0.5, 0.6) is 0 Å². The number of esters is 1. The first-order valence-corrected chi connectivity index (χ1v) is 20.0. The summed E-state index contributed by atoms with van der Waals surface area (Å²) in [5.41, 5.74) is 7.83. The molecule has 0 aliphatic carbocycles. The summed E-state index contributed by atoms with van der Waals surface area (Å²) in [6, 6.07) is 11.2. The molecule has 0 amide bonds. The number of benzene rings is 1. The Kier molecular flexibility index (Phi) is 16.9. The van der Waals surface area contributed by atoms with Crippen LogP contribution in [0.2, 0.25) is 0 Å². The standard InChI is InChI=1S/C44H68N3O2/c1-5-6-7-8-9-10-11-12-13-14-15-16-17-18-19-20-21-22-23-24-44(48)49-36-47(4)32-30-43-41(35-47)40-33-37(2)25-28-42(40)46(43)31-29-39-27-26-38(3)45-34-39/h12-13,25-28,33-34H,5-11,14-24,29-32,35-36H2,1-4H3/q+1/b13-12+. The quantitative estimate of drug-likeness (QED) is 0.0412. The monoisotopic (exact) mass is 671 g/mol. The molecule has 0 saturated heterocycles. The van der Waals surface area contributed by atoms with Crippen molar-refractivity contribution in [3.63, 3.8) is 0 Å². The van der Waals surface area contributed by atoms with Crippen LogP contribution in [0.1, 0.15) is 151 Å². The van der Waals surface area contributed by atoms with Gasteiger partial charge in [-0.3, -0.25) is 14.3 Å². The smallest absolute Gasteiger partial charge is 0.310 e. The normalized spacial score (nSPS) is 16.1. The predicted molar refractivity (Wildman–Crippen MR) is 207 cm³/mol. The summed E-state index contributed by atoms with van der Waals surface area (Å²) < 4.78 is 9.20. The molecule has 0 N–H and O–H groups in total. The van der Waals surface area contributed by atoms with Crippen LogP contribution in [-0.2, 0) is 35.5 Å². The van der Waals surface area contributed by atoms with E-state index in [0.29, 0.717) is 13.2 Å². The second kappa shape index (κ2) is 21.3. The Morgan fingerprint density at radius 1 is 0.857 bits per heavy atom. The Morgan fingerprint density at radius 3 is 2.16 bits per heavy atom. The molecular weight excluding hydrogens is 603 g/mol. The van der Waals surface area contributed by atoms with Crippen LogP contribution in [0.25, 0.3) is 10.9 Å². The molecule has 1 aliphatic heterocycles. The lowest BCUT2D eigenvalue weighted by atomic mass is 10.0. The molecule has 0 spiro atoms. The number of carbonyl (C=O) groups excluding carboxylic acids is 1. The van der Waals surface area contributed by atoms with Crippen molar-refractivity contribution in [1.82, 2.24) is 9.55 Å². The summed E-state index contributed by atoms with van der Waals surface area (Å²) in [5.74, 6) is -0.0313. The number of nitrogens with zero attached hydrogens (tertiary/aromatic N) is 3. The highest BCUT2D eigenvalue weighted by Gasteiger charge is 2.34. The van der Waals surface area contributed by atoms with E-state index in [1.165, 1.54) is 130 Å². The summed E-state index contributed by atoms with van der Waals surface area (Å²) in [7, 11) is 2.25. The molecular formula is C44H68N3O2+. The second-order valence-electron chi connectivity index (χ2n) is 15.3. The van der Waals surface area contributed by atoms with Crippen LogP contribution in [-0.4, -0.2) is 40.3 Å². The lowest BCUT2D eigenvalue weighted by Crippen LogP contribution is -2.49. The maximum atomic E-state index is 12.7. The van der Waals surface area contributed by atoms with Gasteiger partial charge in [-0.15, -0.1) is 0 Å². The van der Waals surface area contributed by atoms with Gasteiger partial charge in [-0.2, -0.15) is 0 Å². The topological polar surface area (TPSA) is 44.1 Å². The molecule has 270 valence electrons. The summed E-state index contributed by atoms with van der Waals surface area (Å²) in [6.07, 6.45) is 31.5. The molecule has 1 unspecified atom stereocenters. The molecule has 0 bridgehead atoms. The van der Waals surface area contributed by atoms with E-state index in [9.17, 15) is 4.79 Å². The van der Waals surface area contributed by atoms with E-state index >= 15 is 0 Å². The minimum Gasteiger partial charge on any atom is -0.415 e. The van der Waals surface area contributed by atoms with Gasteiger partial charge >= 0.3 is 5.97 Å². The summed E-state index contributed by atoms with van der Waals surface area (Å²) in [6.45, 7) is 9.80. The molecule has 5 nitrogen and oxygen atoms in total. The van der Waals surface area contributed by atoms with Gasteiger partial charge in [0.25, 0.3) is 0 Å². The number of likely N-dealkylation sites (N-methyl/N-ethyl adjacent to an activating group) is 1. The van der Waals surface area contributed by atoms with Crippen molar-refractivity contribution in [3.8, 4) is 0 Å². The fraction of sp³-hybridized carbons (Fsp3) is 0.636. The van der Waals surface area contributed by atoms with Crippen molar-refractivity contribution in [2.75, 3.05) is 20.3 Å². The molecule has 5 heteroatoms. The van der Waals surface area contributed by atoms with Gasteiger partial charge in [0, 0.05) is 53.4 Å². The molecule has 0 radical (unpaired) electrons. The van der Waals surface area contributed by atoms with Gasteiger partial charge in [0.2, 0.25) is 6.73 Å². The number of aromatic nitrogens is 2. The maximum Gasteiger partial charge on any atom is 0.310 e. The minimum atomic E-state index is -0.0313. The van der Waals surface area contributed by atoms with Crippen LogP contribution in [0.15, 0.2) is 48.7 Å². The number of ether oxygens (including phenoxy) is 1. The Bertz CT molecular complexity index is 1420. The van der Waals surface area contributed by atoms with E-state index < -0.39 is 0 Å². The summed E-state index contributed by atoms with van der Waals surface area (Å²) >= 11 is 0. The second-order valence-corrected chi connectivity index (χ2v) is 15.3. The average Bonchev–Trinajstić information content (AvgIpc) is 3.39. The van der Waals surface area contributed by atoms with Gasteiger partial charge in [0.05, 0.1) is 13.6 Å². The molecule has 3 heterocycles. The summed E-state index contributed by atoms with van der Waals surface area (Å²) in [4.78, 5) is 17.2. The number of hydrogen-bond acceptors (Lipinski definition) is 3. The van der Waals surface area contributed by atoms with Crippen LogP contribution in [0, 0.1) is 13.8 Å². The fourth-order valence-corrected chi connectivity index (χ4v) is 7.49. The third-order valence-corrected chi connectivity index (χ3v) is 10.6. The largest absolute Gasteiger partial charge is 0.415 e. The number of rotatable bonds is 24. The van der Waals surface area contributed by atoms with Crippen LogP contribution < -0.4 is 0 Å². The van der Waals surface area contributed by atoms with Crippen molar-refractivity contribution >= 4 is 16.9 Å². The van der Waals surface area contributed by atoms with Crippen LogP contribution >= 0.6 is 0 Å². The maximum absolute atomic E-state index is 12.7. The Balaban J connectivity index is 1.07. The zero-order chi connectivity index (χ0) is 34.7. The number of pyridine rings is 1. The average molecular weight is 671 g/mol. The number of carbonyl (C=O) groups is 1. The van der Waals surface area contributed by atoms with Gasteiger partial charge in [0.1, 0.15) is 6.54 Å². The van der Waals surface area contributed by atoms with E-state index in [1.54, 1.807) is 0 Å². The van der Waals surface area contributed by atoms with Gasteiger partial charge < -0.3 is 9.30 Å². The van der Waals surface area contributed by atoms with Gasteiger partial charge in [-0.05, 0) is 76.1 Å². The number of hydrogen-bond donors (Lipinski definition) is 0. The van der Waals surface area contributed by atoms with Gasteiger partial charge in [-0.25, -0.2) is 0 Å². The Labute approximate surface area is 299 Å². The number of unbranched alkanes of at least 4 members (excludes halogenated alkanes) is 15. The van der Waals surface area contributed by atoms with E-state index in [2.05, 4.69) is 72.9 Å². The van der Waals surface area contributed by atoms with Crippen molar-refractivity contribution < 1.29 is 14.0 Å².